The average molecular weight is 293 g/mol. The number of nitrogens with one attached hydrogen (secondary N) is 1. The van der Waals surface area contributed by atoms with Crippen LogP contribution < -0.4 is 5.32 Å². The first kappa shape index (κ1) is 14.1. The molecule has 2 heterocycles. The molecule has 2 saturated heterocycles. The number of carbonyl (C=O) groups excluding carboxylic acids is 1. The van der Waals surface area contributed by atoms with Crippen molar-refractivity contribution in [2.24, 2.45) is 0 Å². The third kappa shape index (κ3) is 3.26. The maximum absolute atomic E-state index is 13.3. The summed E-state index contributed by atoms with van der Waals surface area (Å²) in [4.78, 5) is 15.8. The second-order valence-electron chi connectivity index (χ2n) is 5.75. The van der Waals surface area contributed by atoms with Crippen molar-refractivity contribution in [3.05, 3.63) is 29.6 Å². The van der Waals surface area contributed by atoms with Gasteiger partial charge in [-0.25, -0.2) is 9.18 Å². The van der Waals surface area contributed by atoms with Crippen LogP contribution in [0.4, 0.5) is 9.18 Å². The number of halogens is 1. The summed E-state index contributed by atoms with van der Waals surface area (Å²) < 4.78 is 13.3. The number of urea groups is 1. The number of benzene rings is 1. The summed E-state index contributed by atoms with van der Waals surface area (Å²) in [6, 6.07) is 4.53. The number of likely N-dealkylation sites (tertiary alicyclic amines) is 1. The number of nitrogens with zero attached hydrogens (tertiary/aromatic N) is 2. The summed E-state index contributed by atoms with van der Waals surface area (Å²) in [7, 11) is 0. The van der Waals surface area contributed by atoms with Crippen LogP contribution in [0.2, 0.25) is 0 Å². The van der Waals surface area contributed by atoms with E-state index in [9.17, 15) is 14.3 Å². The van der Waals surface area contributed by atoms with Crippen LogP contribution in [-0.2, 0) is 6.54 Å². The summed E-state index contributed by atoms with van der Waals surface area (Å²) in [5.41, 5.74) is 0.782. The van der Waals surface area contributed by atoms with Crippen molar-refractivity contribution in [1.82, 2.24) is 15.1 Å². The lowest BCUT2D eigenvalue weighted by atomic mass is 10.0. The Hall–Kier alpha value is -1.82. The Kier molecular flexibility index (Phi) is 3.96. The summed E-state index contributed by atoms with van der Waals surface area (Å²) in [5.74, 6) is -0.442. The third-order valence-corrected chi connectivity index (χ3v) is 4.24. The van der Waals surface area contributed by atoms with Gasteiger partial charge in [0.15, 0.2) is 0 Å². The van der Waals surface area contributed by atoms with Crippen molar-refractivity contribution in [2.45, 2.75) is 25.4 Å². The third-order valence-electron chi connectivity index (χ3n) is 4.24. The zero-order valence-corrected chi connectivity index (χ0v) is 11.9. The predicted molar refractivity (Wildman–Crippen MR) is 76.5 cm³/mol. The Bertz CT molecular complexity index is 509. The smallest absolute Gasteiger partial charge is 0.317 e. The van der Waals surface area contributed by atoms with Crippen LogP contribution in [0.5, 0.6) is 5.75 Å². The van der Waals surface area contributed by atoms with Crippen molar-refractivity contribution in [3.8, 4) is 5.75 Å². The van der Waals surface area contributed by atoms with Gasteiger partial charge >= 0.3 is 6.03 Å². The molecule has 6 heteroatoms. The molecular weight excluding hydrogens is 273 g/mol. The maximum Gasteiger partial charge on any atom is 0.317 e. The van der Waals surface area contributed by atoms with Gasteiger partial charge in [-0.05, 0) is 30.5 Å². The van der Waals surface area contributed by atoms with Gasteiger partial charge in [-0.1, -0.05) is 0 Å². The lowest BCUT2D eigenvalue weighted by molar-refractivity contribution is 0.132. The van der Waals surface area contributed by atoms with E-state index in [4.69, 9.17) is 0 Å². The highest BCUT2D eigenvalue weighted by molar-refractivity contribution is 5.76. The van der Waals surface area contributed by atoms with E-state index in [1.165, 1.54) is 6.07 Å². The Morgan fingerprint density at radius 1 is 1.24 bits per heavy atom. The molecule has 2 fully saturated rings. The number of hydrogen-bond acceptors (Lipinski definition) is 3. The largest absolute Gasteiger partial charge is 0.508 e. The number of amides is 2. The fourth-order valence-electron chi connectivity index (χ4n) is 3.21. The second kappa shape index (κ2) is 5.89. The first-order valence-corrected chi connectivity index (χ1v) is 7.37. The van der Waals surface area contributed by atoms with Crippen LogP contribution in [0.15, 0.2) is 18.2 Å². The molecule has 2 N–H and O–H groups in total. The van der Waals surface area contributed by atoms with Crippen molar-refractivity contribution < 1.29 is 14.3 Å². The minimum atomic E-state index is -0.409. The van der Waals surface area contributed by atoms with E-state index in [1.807, 2.05) is 4.90 Å². The van der Waals surface area contributed by atoms with Crippen molar-refractivity contribution in [2.75, 3.05) is 26.2 Å². The molecule has 0 spiro atoms. The summed E-state index contributed by atoms with van der Waals surface area (Å²) in [5, 5.41) is 12.3. The van der Waals surface area contributed by atoms with Crippen LogP contribution >= 0.6 is 0 Å². The summed E-state index contributed by atoms with van der Waals surface area (Å²) in [6.45, 7) is 3.92. The standard InChI is InChI=1S/C15H20FN3O2/c16-12-7-11(8-14(20)9-12)10-18-4-1-13(2-5-18)19-6-3-17-15(19)21/h7-9,13,20H,1-6,10H2,(H,17,21). The van der Waals surface area contributed by atoms with Crippen LogP contribution in [0, 0.1) is 5.82 Å². The van der Waals surface area contributed by atoms with Crippen molar-refractivity contribution >= 4 is 6.03 Å². The number of hydrogen-bond donors (Lipinski definition) is 2. The molecule has 1 aromatic rings. The van der Waals surface area contributed by atoms with Gasteiger partial charge in [-0.15, -0.1) is 0 Å². The van der Waals surface area contributed by atoms with Crippen LogP contribution in [0.1, 0.15) is 18.4 Å². The van der Waals surface area contributed by atoms with Gasteiger partial charge in [0.1, 0.15) is 11.6 Å². The topological polar surface area (TPSA) is 55.8 Å². The van der Waals surface area contributed by atoms with Crippen LogP contribution in [-0.4, -0.2) is 53.2 Å². The highest BCUT2D eigenvalue weighted by atomic mass is 19.1. The molecule has 1 aromatic carbocycles. The highest BCUT2D eigenvalue weighted by Crippen LogP contribution is 2.21. The molecule has 0 saturated carbocycles. The highest BCUT2D eigenvalue weighted by Gasteiger charge is 2.30. The lowest BCUT2D eigenvalue weighted by Crippen LogP contribution is -2.45. The van der Waals surface area contributed by atoms with E-state index in [1.54, 1.807) is 6.07 Å². The van der Waals surface area contributed by atoms with Gasteiger partial charge in [0.25, 0.3) is 0 Å². The number of phenols is 1. The predicted octanol–water partition coefficient (Wildman–Crippen LogP) is 1.52. The monoisotopic (exact) mass is 293 g/mol. The molecule has 0 radical (unpaired) electrons. The van der Waals surface area contributed by atoms with Crippen LogP contribution in [0.3, 0.4) is 0 Å². The van der Waals surface area contributed by atoms with Crippen LogP contribution in [0.25, 0.3) is 0 Å². The molecule has 2 aliphatic rings. The molecule has 0 aromatic heterocycles. The van der Waals surface area contributed by atoms with Gasteiger partial charge < -0.3 is 15.3 Å². The number of piperidine rings is 1. The minimum Gasteiger partial charge on any atom is -0.508 e. The van der Waals surface area contributed by atoms with E-state index in [0.717, 1.165) is 50.7 Å². The quantitative estimate of drug-likeness (QED) is 0.888. The molecule has 3 rings (SSSR count). The van der Waals surface area contributed by atoms with Crippen molar-refractivity contribution in [1.29, 1.82) is 0 Å². The first-order valence-electron chi connectivity index (χ1n) is 7.37. The average Bonchev–Trinajstić information content (AvgIpc) is 2.85. The lowest BCUT2D eigenvalue weighted by Gasteiger charge is -2.36. The SMILES string of the molecule is O=C1NCCN1C1CCN(Cc2cc(O)cc(F)c2)CC1. The number of rotatable bonds is 3. The molecule has 5 nitrogen and oxygen atoms in total. The number of aromatic hydroxyl groups is 1. The maximum atomic E-state index is 13.3. The summed E-state index contributed by atoms with van der Waals surface area (Å²) >= 11 is 0. The molecule has 0 aliphatic carbocycles. The Morgan fingerprint density at radius 2 is 2.00 bits per heavy atom. The van der Waals surface area contributed by atoms with E-state index in [2.05, 4.69) is 10.2 Å². The van der Waals surface area contributed by atoms with E-state index in [-0.39, 0.29) is 11.8 Å². The van der Waals surface area contributed by atoms with E-state index < -0.39 is 5.82 Å². The first-order chi connectivity index (χ1) is 10.1. The molecule has 0 unspecified atom stereocenters. The van der Waals surface area contributed by atoms with Gasteiger partial charge in [0.05, 0.1) is 0 Å². The van der Waals surface area contributed by atoms with E-state index >= 15 is 0 Å². The molecule has 0 atom stereocenters. The Balaban J connectivity index is 1.55. The van der Waals surface area contributed by atoms with Crippen molar-refractivity contribution in [3.63, 3.8) is 0 Å². The zero-order chi connectivity index (χ0) is 14.8. The second-order valence-corrected chi connectivity index (χ2v) is 5.75. The number of carbonyl (C=O) groups is 1. The Labute approximate surface area is 123 Å². The van der Waals surface area contributed by atoms with Gasteiger partial charge in [0.2, 0.25) is 0 Å². The molecule has 2 aliphatic heterocycles. The van der Waals surface area contributed by atoms with Gasteiger partial charge in [-0.2, -0.15) is 0 Å². The fraction of sp³-hybridized carbons (Fsp3) is 0.533. The van der Waals surface area contributed by atoms with Gasteiger partial charge in [0, 0.05) is 44.8 Å². The molecule has 2 amide bonds. The minimum absolute atomic E-state index is 0.0337. The molecule has 114 valence electrons. The molecular formula is C15H20FN3O2. The Morgan fingerprint density at radius 3 is 2.62 bits per heavy atom. The molecule has 0 bridgehead atoms. The normalized spacial score (nSPS) is 20.8. The number of phenolic OH excluding ortho intramolecular Hbond substituents is 1. The zero-order valence-electron chi connectivity index (χ0n) is 11.9. The van der Waals surface area contributed by atoms with Gasteiger partial charge in [-0.3, -0.25) is 4.90 Å². The molecule has 21 heavy (non-hydrogen) atoms. The summed E-state index contributed by atoms with van der Waals surface area (Å²) in [6.07, 6.45) is 1.88. The fourth-order valence-corrected chi connectivity index (χ4v) is 3.21. The van der Waals surface area contributed by atoms with E-state index in [0.29, 0.717) is 12.6 Å².